The second-order valence-corrected chi connectivity index (χ2v) is 12.7. The van der Waals surface area contributed by atoms with Crippen LogP contribution in [0, 0.1) is 0 Å². The highest BCUT2D eigenvalue weighted by Gasteiger charge is 2.37. The monoisotopic (exact) mass is 609 g/mol. The van der Waals surface area contributed by atoms with Gasteiger partial charge in [0.15, 0.2) is 0 Å². The Kier molecular flexibility index (Phi) is 14.0. The molecule has 0 radical (unpaired) electrons. The Morgan fingerprint density at radius 3 is 2.02 bits per heavy atom. The lowest BCUT2D eigenvalue weighted by molar-refractivity contribution is -0.135. The van der Waals surface area contributed by atoms with Crippen molar-refractivity contribution in [1.82, 2.24) is 20.0 Å². The summed E-state index contributed by atoms with van der Waals surface area (Å²) >= 11 is 6.13. The smallest absolute Gasteiger partial charge is 0.320 e. The molecule has 1 aromatic rings. The van der Waals surface area contributed by atoms with Crippen molar-refractivity contribution in [3.63, 3.8) is 0 Å². The molecule has 0 bridgehead atoms. The average Bonchev–Trinajstić information content (AvgIpc) is 3.25. The molecule has 1 atom stereocenters. The van der Waals surface area contributed by atoms with E-state index in [1.807, 2.05) is 34.1 Å². The van der Waals surface area contributed by atoms with Crippen molar-refractivity contribution in [2.45, 2.75) is 128 Å². The maximum atomic E-state index is 14.0. The third-order valence-electron chi connectivity index (χ3n) is 9.50. The van der Waals surface area contributed by atoms with Gasteiger partial charge in [-0.2, -0.15) is 0 Å². The van der Waals surface area contributed by atoms with Crippen molar-refractivity contribution < 1.29 is 9.59 Å². The topological polar surface area (TPSA) is 81.9 Å². The molecule has 0 unspecified atom stereocenters. The number of carbonyl (C=O) groups excluding carboxylic acids is 2. The minimum absolute atomic E-state index is 0. The molecule has 9 heteroatoms. The summed E-state index contributed by atoms with van der Waals surface area (Å²) in [5.74, 6) is 0.180. The number of nitrogens with zero attached hydrogens (tertiary/aromatic N) is 3. The van der Waals surface area contributed by atoms with Crippen molar-refractivity contribution in [2.75, 3.05) is 26.2 Å². The lowest BCUT2D eigenvalue weighted by Crippen LogP contribution is -2.58. The van der Waals surface area contributed by atoms with Crippen LogP contribution in [0.25, 0.3) is 0 Å². The number of amides is 3. The average molecular weight is 611 g/mol. The number of halogens is 2. The van der Waals surface area contributed by atoms with E-state index in [-0.39, 0.29) is 42.5 Å². The Bertz CT molecular complexity index is 921. The fourth-order valence-electron chi connectivity index (χ4n) is 7.03. The summed E-state index contributed by atoms with van der Waals surface area (Å²) in [5, 5.41) is 4.44. The van der Waals surface area contributed by atoms with Crippen LogP contribution in [-0.2, 0) is 11.2 Å². The van der Waals surface area contributed by atoms with Gasteiger partial charge in [0, 0.05) is 55.4 Å². The van der Waals surface area contributed by atoms with Crippen LogP contribution in [0.2, 0.25) is 5.02 Å². The lowest BCUT2D eigenvalue weighted by Gasteiger charge is -2.44. The second kappa shape index (κ2) is 16.9. The number of rotatable bonds is 9. The largest absolute Gasteiger partial charge is 0.341 e. The highest BCUT2D eigenvalue weighted by molar-refractivity contribution is 6.30. The summed E-state index contributed by atoms with van der Waals surface area (Å²) < 4.78 is 0. The summed E-state index contributed by atoms with van der Waals surface area (Å²) in [6, 6.07) is 8.88. The molecule has 0 spiro atoms. The van der Waals surface area contributed by atoms with Gasteiger partial charge in [-0.25, -0.2) is 4.79 Å². The maximum absolute atomic E-state index is 14.0. The zero-order valence-corrected chi connectivity index (χ0v) is 26.8. The van der Waals surface area contributed by atoms with Crippen LogP contribution in [0.3, 0.4) is 0 Å². The minimum Gasteiger partial charge on any atom is -0.341 e. The zero-order chi connectivity index (χ0) is 28.5. The SMILES string of the molecule is CCN(CC)C(=O)N(C1CCCCCC1)C1CCN(C(=O)[C@@H](Cc2ccc(Cl)cc2)N[C@H]2CC[C@@H](N)CC2)CC1.Cl. The van der Waals surface area contributed by atoms with Crippen LogP contribution in [0.4, 0.5) is 4.79 Å². The third-order valence-corrected chi connectivity index (χ3v) is 9.75. The first-order valence-corrected chi connectivity index (χ1v) is 16.4. The first-order valence-electron chi connectivity index (χ1n) is 16.0. The Hall–Kier alpha value is -1.54. The zero-order valence-electron chi connectivity index (χ0n) is 25.2. The van der Waals surface area contributed by atoms with Gasteiger partial charge in [0.25, 0.3) is 0 Å². The molecule has 4 rings (SSSR count). The van der Waals surface area contributed by atoms with E-state index in [1.165, 1.54) is 25.7 Å². The number of piperidine rings is 1. The van der Waals surface area contributed by atoms with Crippen LogP contribution in [0.5, 0.6) is 0 Å². The van der Waals surface area contributed by atoms with Crippen LogP contribution in [0.1, 0.15) is 96.5 Å². The molecule has 3 N–H and O–H groups in total. The van der Waals surface area contributed by atoms with Crippen LogP contribution in [0.15, 0.2) is 24.3 Å². The molecule has 41 heavy (non-hydrogen) atoms. The quantitative estimate of drug-likeness (QED) is 0.336. The van der Waals surface area contributed by atoms with Crippen molar-refractivity contribution in [2.24, 2.45) is 5.73 Å². The highest BCUT2D eigenvalue weighted by Crippen LogP contribution is 2.29. The van der Waals surface area contributed by atoms with E-state index in [0.717, 1.165) is 70.0 Å². The molecule has 2 saturated carbocycles. The van der Waals surface area contributed by atoms with Crippen molar-refractivity contribution >= 4 is 35.9 Å². The Morgan fingerprint density at radius 2 is 1.46 bits per heavy atom. The van der Waals surface area contributed by atoms with Crippen molar-refractivity contribution in [1.29, 1.82) is 0 Å². The van der Waals surface area contributed by atoms with Gasteiger partial charge in [0.1, 0.15) is 0 Å². The predicted molar refractivity (Wildman–Crippen MR) is 171 cm³/mol. The normalized spacial score (nSPS) is 23.3. The highest BCUT2D eigenvalue weighted by atomic mass is 35.5. The molecule has 2 aliphatic carbocycles. The second-order valence-electron chi connectivity index (χ2n) is 12.2. The summed E-state index contributed by atoms with van der Waals surface area (Å²) in [5.41, 5.74) is 7.27. The number of hydrogen-bond donors (Lipinski definition) is 2. The number of nitrogens with one attached hydrogen (secondary N) is 1. The van der Waals surface area contributed by atoms with E-state index in [4.69, 9.17) is 17.3 Å². The van der Waals surface area contributed by atoms with Gasteiger partial charge in [-0.1, -0.05) is 49.4 Å². The lowest BCUT2D eigenvalue weighted by atomic mass is 9.90. The van der Waals surface area contributed by atoms with E-state index in [2.05, 4.69) is 24.1 Å². The van der Waals surface area contributed by atoms with Crippen LogP contribution >= 0.6 is 24.0 Å². The van der Waals surface area contributed by atoms with Gasteiger partial charge in [0.05, 0.1) is 6.04 Å². The van der Waals surface area contributed by atoms with E-state index in [9.17, 15) is 9.59 Å². The van der Waals surface area contributed by atoms with Gasteiger partial charge in [-0.05, 0) is 89.3 Å². The summed E-state index contributed by atoms with van der Waals surface area (Å²) in [4.78, 5) is 34.0. The summed E-state index contributed by atoms with van der Waals surface area (Å²) in [7, 11) is 0. The molecular weight excluding hydrogens is 557 g/mol. The molecule has 3 aliphatic rings. The number of urea groups is 1. The minimum atomic E-state index is -0.271. The summed E-state index contributed by atoms with van der Waals surface area (Å²) in [6.07, 6.45) is 13.5. The molecule has 7 nitrogen and oxygen atoms in total. The standard InChI is InChI=1S/C32H52ClN5O2.ClH/c1-3-36(4-2)32(40)38(28-9-7-5-6-8-10-28)29-19-21-37(22-20-29)31(39)30(23-24-11-13-25(33)14-12-24)35-27-17-15-26(34)16-18-27;/h11-14,26-30,35H,3-10,15-23,34H2,1-2H3;1H/t26-,27+,30-;/m1./s1. The van der Waals surface area contributed by atoms with E-state index in [1.54, 1.807) is 0 Å². The molecule has 0 aromatic heterocycles. The predicted octanol–water partition coefficient (Wildman–Crippen LogP) is 6.01. The number of hydrogen-bond acceptors (Lipinski definition) is 4. The van der Waals surface area contributed by atoms with Crippen LogP contribution < -0.4 is 11.1 Å². The first-order chi connectivity index (χ1) is 19.4. The Morgan fingerprint density at radius 1 is 0.902 bits per heavy atom. The molecule has 232 valence electrons. The number of nitrogens with two attached hydrogens (primary N) is 1. The Balaban J connectivity index is 0.00000462. The number of likely N-dealkylation sites (tertiary alicyclic amines) is 1. The summed E-state index contributed by atoms with van der Waals surface area (Å²) in [6.45, 7) is 7.02. The van der Waals surface area contributed by atoms with Crippen LogP contribution in [-0.4, -0.2) is 83.0 Å². The fraction of sp³-hybridized carbons (Fsp3) is 0.750. The van der Waals surface area contributed by atoms with Gasteiger partial charge < -0.3 is 25.8 Å². The number of carbonyl (C=O) groups is 2. The van der Waals surface area contributed by atoms with E-state index in [0.29, 0.717) is 36.6 Å². The van der Waals surface area contributed by atoms with E-state index < -0.39 is 0 Å². The molecular formula is C32H53Cl2N5O2. The molecule has 3 fully saturated rings. The van der Waals surface area contributed by atoms with Crippen molar-refractivity contribution in [3.05, 3.63) is 34.9 Å². The first kappa shape index (κ1) is 34.0. The third kappa shape index (κ3) is 9.47. The van der Waals surface area contributed by atoms with E-state index >= 15 is 0 Å². The van der Waals surface area contributed by atoms with Gasteiger partial charge >= 0.3 is 6.03 Å². The Labute approximate surface area is 259 Å². The molecule has 1 heterocycles. The van der Waals surface area contributed by atoms with Gasteiger partial charge in [0.2, 0.25) is 5.91 Å². The fourth-order valence-corrected chi connectivity index (χ4v) is 7.16. The molecule has 1 aromatic carbocycles. The van der Waals surface area contributed by atoms with Gasteiger partial charge in [-0.15, -0.1) is 12.4 Å². The number of benzene rings is 1. The van der Waals surface area contributed by atoms with Crippen molar-refractivity contribution in [3.8, 4) is 0 Å². The molecule has 1 saturated heterocycles. The molecule has 3 amide bonds. The van der Waals surface area contributed by atoms with Gasteiger partial charge in [-0.3, -0.25) is 4.79 Å². The molecule has 1 aliphatic heterocycles. The maximum Gasteiger partial charge on any atom is 0.320 e.